The summed E-state index contributed by atoms with van der Waals surface area (Å²) in [5.41, 5.74) is 0. The lowest BCUT2D eigenvalue weighted by Gasteiger charge is -2.26. The molecule has 2 N–H and O–H groups in total. The first kappa shape index (κ1) is 13.8. The number of rotatable bonds is 6. The van der Waals surface area contributed by atoms with Crippen LogP contribution in [0.15, 0.2) is 0 Å². The van der Waals surface area contributed by atoms with Gasteiger partial charge >= 0.3 is 0 Å². The molecule has 2 aliphatic rings. The van der Waals surface area contributed by atoms with Crippen LogP contribution in [0.4, 0.5) is 0 Å². The highest BCUT2D eigenvalue weighted by molar-refractivity contribution is 5.78. The second kappa shape index (κ2) is 6.53. The standard InChI is InChI=1S/C14H27N3O/c1-11(9-13-5-3-7-15-13)16-12(2)10-17-8-4-6-14(17)18/h11-13,15-16H,3-10H2,1-2H3. The van der Waals surface area contributed by atoms with Gasteiger partial charge in [-0.3, -0.25) is 4.79 Å². The van der Waals surface area contributed by atoms with Gasteiger partial charge in [0, 0.05) is 37.6 Å². The van der Waals surface area contributed by atoms with Crippen molar-refractivity contribution in [1.82, 2.24) is 15.5 Å². The summed E-state index contributed by atoms with van der Waals surface area (Å²) in [6.45, 7) is 7.42. The molecule has 0 aromatic carbocycles. The SMILES string of the molecule is CC(CC1CCCN1)NC(C)CN1CCCC1=O. The lowest BCUT2D eigenvalue weighted by atomic mass is 10.1. The second-order valence-electron chi connectivity index (χ2n) is 5.94. The van der Waals surface area contributed by atoms with Crippen LogP contribution in [-0.4, -0.2) is 48.6 Å². The van der Waals surface area contributed by atoms with Gasteiger partial charge < -0.3 is 15.5 Å². The van der Waals surface area contributed by atoms with Crippen molar-refractivity contribution in [3.8, 4) is 0 Å². The Kier molecular flexibility index (Phi) is 5.01. The van der Waals surface area contributed by atoms with Gasteiger partial charge in [0.25, 0.3) is 0 Å². The Hall–Kier alpha value is -0.610. The van der Waals surface area contributed by atoms with E-state index in [2.05, 4.69) is 24.5 Å². The van der Waals surface area contributed by atoms with Crippen molar-refractivity contribution < 1.29 is 4.79 Å². The highest BCUT2D eigenvalue weighted by Crippen LogP contribution is 2.12. The van der Waals surface area contributed by atoms with Crippen molar-refractivity contribution in [2.75, 3.05) is 19.6 Å². The summed E-state index contributed by atoms with van der Waals surface area (Å²) in [4.78, 5) is 13.6. The molecule has 0 aromatic heterocycles. The smallest absolute Gasteiger partial charge is 0.222 e. The number of hydrogen-bond donors (Lipinski definition) is 2. The summed E-state index contributed by atoms with van der Waals surface area (Å²) >= 11 is 0. The van der Waals surface area contributed by atoms with Gasteiger partial charge in [-0.25, -0.2) is 0 Å². The van der Waals surface area contributed by atoms with Crippen molar-refractivity contribution >= 4 is 5.91 Å². The van der Waals surface area contributed by atoms with Gasteiger partial charge in [-0.1, -0.05) is 0 Å². The van der Waals surface area contributed by atoms with Crippen LogP contribution in [-0.2, 0) is 4.79 Å². The van der Waals surface area contributed by atoms with E-state index in [4.69, 9.17) is 0 Å². The minimum absolute atomic E-state index is 0.328. The van der Waals surface area contributed by atoms with Gasteiger partial charge in [0.2, 0.25) is 5.91 Å². The molecule has 2 rings (SSSR count). The zero-order chi connectivity index (χ0) is 13.0. The third-order valence-corrected chi connectivity index (χ3v) is 4.04. The molecule has 0 saturated carbocycles. The predicted molar refractivity (Wildman–Crippen MR) is 73.5 cm³/mol. The zero-order valence-electron chi connectivity index (χ0n) is 11.7. The monoisotopic (exact) mass is 253 g/mol. The molecule has 18 heavy (non-hydrogen) atoms. The Morgan fingerprint density at radius 1 is 1.39 bits per heavy atom. The number of carbonyl (C=O) groups is 1. The third-order valence-electron chi connectivity index (χ3n) is 4.04. The first-order chi connectivity index (χ1) is 8.65. The normalized spacial score (nSPS) is 27.8. The molecule has 4 heteroatoms. The molecule has 1 amide bonds. The van der Waals surface area contributed by atoms with E-state index >= 15 is 0 Å². The van der Waals surface area contributed by atoms with Crippen molar-refractivity contribution in [2.24, 2.45) is 0 Å². The molecule has 0 aliphatic carbocycles. The van der Waals surface area contributed by atoms with Gasteiger partial charge in [-0.15, -0.1) is 0 Å². The number of carbonyl (C=O) groups excluding carboxylic acids is 1. The fourth-order valence-electron chi connectivity index (χ4n) is 3.22. The Morgan fingerprint density at radius 2 is 2.22 bits per heavy atom. The number of nitrogens with zero attached hydrogens (tertiary/aromatic N) is 1. The van der Waals surface area contributed by atoms with Gasteiger partial charge in [-0.05, 0) is 46.1 Å². The molecule has 4 nitrogen and oxygen atoms in total. The average molecular weight is 253 g/mol. The molecule has 104 valence electrons. The summed E-state index contributed by atoms with van der Waals surface area (Å²) in [6.07, 6.45) is 5.60. The maximum Gasteiger partial charge on any atom is 0.222 e. The summed E-state index contributed by atoms with van der Waals surface area (Å²) in [5, 5.41) is 7.16. The molecule has 0 aromatic rings. The van der Waals surface area contributed by atoms with Crippen LogP contribution < -0.4 is 10.6 Å². The lowest BCUT2D eigenvalue weighted by Crippen LogP contribution is -2.45. The first-order valence-electron chi connectivity index (χ1n) is 7.42. The van der Waals surface area contributed by atoms with Gasteiger partial charge in [0.05, 0.1) is 0 Å². The largest absolute Gasteiger partial charge is 0.341 e. The van der Waals surface area contributed by atoms with Crippen molar-refractivity contribution in [1.29, 1.82) is 0 Å². The molecular formula is C14H27N3O. The fourth-order valence-corrected chi connectivity index (χ4v) is 3.22. The first-order valence-corrected chi connectivity index (χ1v) is 7.42. The molecule has 2 saturated heterocycles. The molecule has 2 aliphatic heterocycles. The van der Waals surface area contributed by atoms with E-state index in [1.807, 2.05) is 4.90 Å². The van der Waals surface area contributed by atoms with Crippen LogP contribution in [0, 0.1) is 0 Å². The lowest BCUT2D eigenvalue weighted by molar-refractivity contribution is -0.127. The maximum atomic E-state index is 11.6. The number of nitrogens with one attached hydrogen (secondary N) is 2. The zero-order valence-corrected chi connectivity index (χ0v) is 11.7. The second-order valence-corrected chi connectivity index (χ2v) is 5.94. The Morgan fingerprint density at radius 3 is 2.83 bits per heavy atom. The predicted octanol–water partition coefficient (Wildman–Crippen LogP) is 1.12. The minimum atomic E-state index is 0.328. The third kappa shape index (κ3) is 3.95. The van der Waals surface area contributed by atoms with E-state index in [1.54, 1.807) is 0 Å². The van der Waals surface area contributed by atoms with Crippen LogP contribution in [0.25, 0.3) is 0 Å². The van der Waals surface area contributed by atoms with Crippen LogP contribution >= 0.6 is 0 Å². The maximum absolute atomic E-state index is 11.6. The molecular weight excluding hydrogens is 226 g/mol. The van der Waals surface area contributed by atoms with Crippen molar-refractivity contribution in [3.05, 3.63) is 0 Å². The Labute approximate surface area is 110 Å². The number of likely N-dealkylation sites (tertiary alicyclic amines) is 1. The molecule has 2 heterocycles. The molecule has 0 radical (unpaired) electrons. The Bertz CT molecular complexity index is 276. The molecule has 2 fully saturated rings. The minimum Gasteiger partial charge on any atom is -0.341 e. The van der Waals surface area contributed by atoms with Gasteiger partial charge in [-0.2, -0.15) is 0 Å². The van der Waals surface area contributed by atoms with Crippen LogP contribution in [0.1, 0.15) is 46.0 Å². The van der Waals surface area contributed by atoms with Crippen molar-refractivity contribution in [2.45, 2.75) is 64.1 Å². The summed E-state index contributed by atoms with van der Waals surface area (Å²) in [7, 11) is 0. The summed E-state index contributed by atoms with van der Waals surface area (Å²) in [5.74, 6) is 0.328. The summed E-state index contributed by atoms with van der Waals surface area (Å²) in [6, 6.07) is 1.60. The van der Waals surface area contributed by atoms with Crippen molar-refractivity contribution in [3.63, 3.8) is 0 Å². The van der Waals surface area contributed by atoms with E-state index in [-0.39, 0.29) is 0 Å². The molecule has 0 bridgehead atoms. The number of amides is 1. The molecule has 3 unspecified atom stereocenters. The molecule has 0 spiro atoms. The van der Waals surface area contributed by atoms with Crippen LogP contribution in [0.5, 0.6) is 0 Å². The average Bonchev–Trinajstić information content (AvgIpc) is 2.91. The van der Waals surface area contributed by atoms with E-state index in [0.717, 1.165) is 25.9 Å². The van der Waals surface area contributed by atoms with E-state index in [9.17, 15) is 4.79 Å². The van der Waals surface area contributed by atoms with Crippen LogP contribution in [0.3, 0.4) is 0 Å². The highest BCUT2D eigenvalue weighted by atomic mass is 16.2. The quantitative estimate of drug-likeness (QED) is 0.745. The highest BCUT2D eigenvalue weighted by Gasteiger charge is 2.23. The van der Waals surface area contributed by atoms with Gasteiger partial charge in [0.15, 0.2) is 0 Å². The van der Waals surface area contributed by atoms with E-state index in [0.29, 0.717) is 24.0 Å². The van der Waals surface area contributed by atoms with E-state index in [1.165, 1.54) is 25.8 Å². The topological polar surface area (TPSA) is 44.4 Å². The summed E-state index contributed by atoms with van der Waals surface area (Å²) < 4.78 is 0. The van der Waals surface area contributed by atoms with Gasteiger partial charge in [0.1, 0.15) is 0 Å². The van der Waals surface area contributed by atoms with E-state index < -0.39 is 0 Å². The number of hydrogen-bond acceptors (Lipinski definition) is 3. The van der Waals surface area contributed by atoms with Crippen LogP contribution in [0.2, 0.25) is 0 Å². The Balaban J connectivity index is 1.66. The fraction of sp³-hybridized carbons (Fsp3) is 0.929. The molecule has 3 atom stereocenters.